The van der Waals surface area contributed by atoms with Crippen molar-refractivity contribution >= 4 is 12.1 Å². The molecular weight excluding hydrogens is 308 g/mol. The van der Waals surface area contributed by atoms with Gasteiger partial charge in [0, 0.05) is 19.1 Å². The number of nitrogens with zero attached hydrogens (tertiary/aromatic N) is 2. The van der Waals surface area contributed by atoms with E-state index in [4.69, 9.17) is 4.74 Å². The summed E-state index contributed by atoms with van der Waals surface area (Å²) in [5.41, 5.74) is 0.915. The van der Waals surface area contributed by atoms with Crippen molar-refractivity contribution in [3.05, 3.63) is 35.9 Å². The van der Waals surface area contributed by atoms with Gasteiger partial charge in [-0.15, -0.1) is 0 Å². The molecule has 6 heteroatoms. The highest BCUT2D eigenvalue weighted by Crippen LogP contribution is 2.22. The highest BCUT2D eigenvalue weighted by molar-refractivity contribution is 5.73. The van der Waals surface area contributed by atoms with Crippen LogP contribution in [0.5, 0.6) is 0 Å². The number of rotatable bonds is 6. The minimum absolute atomic E-state index is 0.0547. The molecule has 0 bridgehead atoms. The smallest absolute Gasteiger partial charge is 0.410 e. The molecule has 24 heavy (non-hydrogen) atoms. The molecule has 1 amide bonds. The Balaban J connectivity index is 2.00. The number of piperidine rings is 1. The summed E-state index contributed by atoms with van der Waals surface area (Å²) in [5, 5.41) is 9.39. The molecule has 1 fully saturated rings. The number of carboxylic acids is 1. The van der Waals surface area contributed by atoms with Crippen LogP contribution in [0.4, 0.5) is 4.79 Å². The second-order valence-electron chi connectivity index (χ2n) is 6.09. The fourth-order valence-electron chi connectivity index (χ4n) is 3.22. The fraction of sp³-hybridized carbons (Fsp3) is 0.556. The van der Waals surface area contributed by atoms with Crippen LogP contribution in [0.2, 0.25) is 0 Å². The van der Waals surface area contributed by atoms with Gasteiger partial charge in [0.1, 0.15) is 6.61 Å². The zero-order valence-corrected chi connectivity index (χ0v) is 14.4. The van der Waals surface area contributed by atoms with Crippen molar-refractivity contribution in [2.75, 3.05) is 26.2 Å². The maximum Gasteiger partial charge on any atom is 0.410 e. The molecule has 1 aromatic rings. The highest BCUT2D eigenvalue weighted by atomic mass is 16.6. The van der Waals surface area contributed by atoms with E-state index in [0.717, 1.165) is 18.7 Å². The lowest BCUT2D eigenvalue weighted by Crippen LogP contribution is -2.54. The van der Waals surface area contributed by atoms with Crippen LogP contribution in [-0.2, 0) is 16.1 Å². The van der Waals surface area contributed by atoms with Gasteiger partial charge in [-0.3, -0.25) is 9.69 Å². The van der Waals surface area contributed by atoms with Gasteiger partial charge >= 0.3 is 12.1 Å². The number of ether oxygens (including phenoxy) is 1. The van der Waals surface area contributed by atoms with E-state index in [1.54, 1.807) is 0 Å². The van der Waals surface area contributed by atoms with Crippen LogP contribution in [0.25, 0.3) is 0 Å². The van der Waals surface area contributed by atoms with Gasteiger partial charge in [0.15, 0.2) is 0 Å². The lowest BCUT2D eigenvalue weighted by molar-refractivity contribution is -0.144. The lowest BCUT2D eigenvalue weighted by atomic mass is 9.93. The number of likely N-dealkylation sites (N-methyl/N-ethyl adjacent to an activating group) is 1. The van der Waals surface area contributed by atoms with Gasteiger partial charge in [0.25, 0.3) is 0 Å². The molecule has 0 unspecified atom stereocenters. The molecule has 0 aromatic heterocycles. The predicted octanol–water partition coefficient (Wildman–Crippen LogP) is 2.44. The van der Waals surface area contributed by atoms with Crippen molar-refractivity contribution in [1.29, 1.82) is 0 Å². The maximum absolute atomic E-state index is 12.4. The molecule has 1 aliphatic rings. The van der Waals surface area contributed by atoms with Gasteiger partial charge in [-0.05, 0) is 25.1 Å². The number of likely N-dealkylation sites (tertiary alicyclic amines) is 1. The number of amides is 1. The summed E-state index contributed by atoms with van der Waals surface area (Å²) in [6.45, 7) is 6.68. The number of aliphatic carboxylic acids is 1. The van der Waals surface area contributed by atoms with Gasteiger partial charge in [0.2, 0.25) is 0 Å². The third kappa shape index (κ3) is 4.71. The van der Waals surface area contributed by atoms with Crippen LogP contribution in [0.15, 0.2) is 30.3 Å². The van der Waals surface area contributed by atoms with Crippen LogP contribution in [0, 0.1) is 5.92 Å². The summed E-state index contributed by atoms with van der Waals surface area (Å²) in [7, 11) is 0. The molecule has 1 aliphatic heterocycles. The minimum atomic E-state index is -0.854. The number of carboxylic acid groups (broad SMARTS) is 1. The Morgan fingerprint density at radius 1 is 1.21 bits per heavy atom. The first kappa shape index (κ1) is 18.3. The molecule has 0 aliphatic carbocycles. The molecule has 1 saturated heterocycles. The molecule has 0 radical (unpaired) electrons. The second-order valence-corrected chi connectivity index (χ2v) is 6.09. The van der Waals surface area contributed by atoms with Crippen LogP contribution >= 0.6 is 0 Å². The Hall–Kier alpha value is -2.08. The normalized spacial score (nSPS) is 20.9. The van der Waals surface area contributed by atoms with Crippen LogP contribution in [0.3, 0.4) is 0 Å². The third-order valence-corrected chi connectivity index (χ3v) is 4.57. The van der Waals surface area contributed by atoms with E-state index in [2.05, 4.69) is 4.90 Å². The Labute approximate surface area is 143 Å². The third-order valence-electron chi connectivity index (χ3n) is 4.57. The Morgan fingerprint density at radius 3 is 2.46 bits per heavy atom. The summed E-state index contributed by atoms with van der Waals surface area (Å²) < 4.78 is 5.37. The largest absolute Gasteiger partial charge is 0.481 e. The van der Waals surface area contributed by atoms with Crippen molar-refractivity contribution < 1.29 is 19.4 Å². The average Bonchev–Trinajstić information content (AvgIpc) is 2.61. The van der Waals surface area contributed by atoms with E-state index in [0.29, 0.717) is 13.0 Å². The van der Waals surface area contributed by atoms with Gasteiger partial charge in [-0.2, -0.15) is 0 Å². The molecule has 2 atom stereocenters. The summed E-state index contributed by atoms with van der Waals surface area (Å²) >= 11 is 0. The van der Waals surface area contributed by atoms with Crippen molar-refractivity contribution in [2.45, 2.75) is 32.9 Å². The summed E-state index contributed by atoms with van der Waals surface area (Å²) in [5.74, 6) is -1.40. The predicted molar refractivity (Wildman–Crippen MR) is 90.7 cm³/mol. The van der Waals surface area contributed by atoms with E-state index in [1.165, 1.54) is 4.90 Å². The topological polar surface area (TPSA) is 70.1 Å². The number of carbonyl (C=O) groups is 2. The molecule has 1 heterocycles. The minimum Gasteiger partial charge on any atom is -0.481 e. The van der Waals surface area contributed by atoms with E-state index < -0.39 is 18.0 Å². The average molecular weight is 334 g/mol. The quantitative estimate of drug-likeness (QED) is 0.865. The zero-order valence-electron chi connectivity index (χ0n) is 14.4. The van der Waals surface area contributed by atoms with Crippen molar-refractivity contribution in [3.8, 4) is 0 Å². The van der Waals surface area contributed by atoms with Gasteiger partial charge in [-0.25, -0.2) is 4.79 Å². The SMILES string of the molecule is CCN(CC)[C@H]1C[C@H](C(=O)O)CN(C(=O)OCc2ccccc2)C1. The molecule has 0 saturated carbocycles. The second kappa shape index (κ2) is 8.68. The number of hydrogen-bond acceptors (Lipinski definition) is 4. The molecule has 2 rings (SSSR count). The standard InChI is InChI=1S/C18H26N2O4/c1-3-19(4-2)16-10-15(17(21)22)11-20(12-16)18(23)24-13-14-8-6-5-7-9-14/h5-9,15-16H,3-4,10-13H2,1-2H3,(H,21,22)/t15-,16-/m0/s1. The Kier molecular flexibility index (Phi) is 6.61. The molecule has 1 aromatic carbocycles. The van der Waals surface area contributed by atoms with E-state index in [9.17, 15) is 14.7 Å². The van der Waals surface area contributed by atoms with E-state index in [1.807, 2.05) is 44.2 Å². The first-order chi connectivity index (χ1) is 11.5. The number of benzene rings is 1. The molecular formula is C18H26N2O4. The summed E-state index contributed by atoms with van der Waals surface area (Å²) in [6, 6.07) is 9.52. The molecule has 6 nitrogen and oxygen atoms in total. The summed E-state index contributed by atoms with van der Waals surface area (Å²) in [6.07, 6.45) is 0.126. The zero-order chi connectivity index (χ0) is 17.5. The van der Waals surface area contributed by atoms with Gasteiger partial charge in [0.05, 0.1) is 5.92 Å². The summed E-state index contributed by atoms with van der Waals surface area (Å²) in [4.78, 5) is 27.6. The number of carbonyl (C=O) groups excluding carboxylic acids is 1. The maximum atomic E-state index is 12.4. The van der Waals surface area contributed by atoms with E-state index >= 15 is 0 Å². The first-order valence-electron chi connectivity index (χ1n) is 8.47. The van der Waals surface area contributed by atoms with Gasteiger partial charge < -0.3 is 14.7 Å². The van der Waals surface area contributed by atoms with Crippen molar-refractivity contribution in [2.24, 2.45) is 5.92 Å². The van der Waals surface area contributed by atoms with Crippen LogP contribution < -0.4 is 0 Å². The highest BCUT2D eigenvalue weighted by Gasteiger charge is 2.36. The van der Waals surface area contributed by atoms with Crippen LogP contribution in [0.1, 0.15) is 25.8 Å². The molecule has 132 valence electrons. The van der Waals surface area contributed by atoms with Crippen molar-refractivity contribution in [3.63, 3.8) is 0 Å². The van der Waals surface area contributed by atoms with Gasteiger partial charge in [-0.1, -0.05) is 44.2 Å². The number of hydrogen-bond donors (Lipinski definition) is 1. The Bertz CT molecular complexity index is 545. The monoisotopic (exact) mass is 334 g/mol. The van der Waals surface area contributed by atoms with Crippen LogP contribution in [-0.4, -0.2) is 59.2 Å². The van der Waals surface area contributed by atoms with Crippen molar-refractivity contribution in [1.82, 2.24) is 9.80 Å². The Morgan fingerprint density at radius 2 is 1.88 bits per heavy atom. The first-order valence-corrected chi connectivity index (χ1v) is 8.47. The fourth-order valence-corrected chi connectivity index (χ4v) is 3.22. The van der Waals surface area contributed by atoms with E-state index in [-0.39, 0.29) is 19.2 Å². The lowest BCUT2D eigenvalue weighted by Gasteiger charge is -2.40. The molecule has 1 N–H and O–H groups in total. The molecule has 0 spiro atoms.